The Morgan fingerprint density at radius 3 is 2.61 bits per heavy atom. The van der Waals surface area contributed by atoms with Crippen molar-refractivity contribution in [3.63, 3.8) is 0 Å². The first-order chi connectivity index (χ1) is 8.85. The lowest BCUT2D eigenvalue weighted by Crippen LogP contribution is -2.20. The van der Waals surface area contributed by atoms with Crippen LogP contribution in [0, 0.1) is 0 Å². The molecule has 0 aliphatic carbocycles. The molecule has 0 saturated heterocycles. The monoisotopic (exact) mass is 242 g/mol. The van der Waals surface area contributed by atoms with Gasteiger partial charge in [-0.15, -0.1) is 0 Å². The van der Waals surface area contributed by atoms with Gasteiger partial charge in [0.1, 0.15) is 5.75 Å². The average Bonchev–Trinajstić information content (AvgIpc) is 2.46. The smallest absolute Gasteiger partial charge is 0.123 e. The summed E-state index contributed by atoms with van der Waals surface area (Å²) in [6.07, 6.45) is 2.67. The fraction of sp³-hybridized carbons (Fsp3) is 0.267. The lowest BCUT2D eigenvalue weighted by atomic mass is 10.0. The summed E-state index contributed by atoms with van der Waals surface area (Å²) in [6, 6.07) is 14.3. The van der Waals surface area contributed by atoms with Crippen molar-refractivity contribution in [3.8, 4) is 5.75 Å². The summed E-state index contributed by atoms with van der Waals surface area (Å²) in [7, 11) is 3.66. The summed E-state index contributed by atoms with van der Waals surface area (Å²) in [5.41, 5.74) is 2.23. The van der Waals surface area contributed by atoms with Crippen LogP contribution < -0.4 is 10.1 Å². The van der Waals surface area contributed by atoms with Gasteiger partial charge in [-0.2, -0.15) is 0 Å². The number of nitrogens with zero attached hydrogens (tertiary/aromatic N) is 1. The van der Waals surface area contributed by atoms with Gasteiger partial charge >= 0.3 is 0 Å². The van der Waals surface area contributed by atoms with Crippen molar-refractivity contribution in [1.29, 1.82) is 0 Å². The number of hydrogen-bond acceptors (Lipinski definition) is 3. The largest absolute Gasteiger partial charge is 0.496 e. The molecule has 0 radical (unpaired) electrons. The van der Waals surface area contributed by atoms with E-state index in [1.54, 1.807) is 7.11 Å². The van der Waals surface area contributed by atoms with Gasteiger partial charge in [0, 0.05) is 29.9 Å². The number of methoxy groups -OCH3 is 1. The van der Waals surface area contributed by atoms with Crippen molar-refractivity contribution >= 4 is 0 Å². The number of para-hydroxylation sites is 1. The van der Waals surface area contributed by atoms with Crippen LogP contribution in [0.1, 0.15) is 17.3 Å². The normalized spacial score (nSPS) is 12.1. The van der Waals surface area contributed by atoms with E-state index in [2.05, 4.69) is 16.4 Å². The molecular weight excluding hydrogens is 224 g/mol. The van der Waals surface area contributed by atoms with Crippen molar-refractivity contribution in [2.45, 2.75) is 12.5 Å². The number of pyridine rings is 1. The molecule has 1 aromatic heterocycles. The highest BCUT2D eigenvalue weighted by molar-refractivity contribution is 5.36. The van der Waals surface area contributed by atoms with Gasteiger partial charge in [-0.3, -0.25) is 4.98 Å². The van der Waals surface area contributed by atoms with Gasteiger partial charge in [-0.1, -0.05) is 24.3 Å². The number of hydrogen-bond donors (Lipinski definition) is 1. The molecule has 0 fully saturated rings. The summed E-state index contributed by atoms with van der Waals surface area (Å²) in [5.74, 6) is 0.910. The highest BCUT2D eigenvalue weighted by Crippen LogP contribution is 2.26. The third-order valence-electron chi connectivity index (χ3n) is 3.00. The van der Waals surface area contributed by atoms with Crippen molar-refractivity contribution < 1.29 is 4.74 Å². The Morgan fingerprint density at radius 1 is 1.17 bits per heavy atom. The minimum atomic E-state index is 0.205. The second-order valence-corrected chi connectivity index (χ2v) is 4.11. The predicted octanol–water partition coefficient (Wildman–Crippen LogP) is 2.59. The average molecular weight is 242 g/mol. The molecule has 3 nitrogen and oxygen atoms in total. The van der Waals surface area contributed by atoms with E-state index in [-0.39, 0.29) is 6.04 Å². The van der Waals surface area contributed by atoms with Crippen LogP contribution in [-0.2, 0) is 6.42 Å². The minimum Gasteiger partial charge on any atom is -0.496 e. The van der Waals surface area contributed by atoms with Crippen LogP contribution in [0.2, 0.25) is 0 Å². The maximum atomic E-state index is 5.41. The molecule has 0 spiro atoms. The van der Waals surface area contributed by atoms with Crippen molar-refractivity contribution in [3.05, 3.63) is 59.9 Å². The standard InChI is InChI=1S/C15H18N2O/c1-16-14(11-12-7-5-6-10-17-12)13-8-3-4-9-15(13)18-2/h3-10,14,16H,11H2,1-2H3. The van der Waals surface area contributed by atoms with Crippen LogP contribution in [0.5, 0.6) is 5.75 Å². The number of aromatic nitrogens is 1. The molecule has 0 bridgehead atoms. The topological polar surface area (TPSA) is 34.2 Å². The van der Waals surface area contributed by atoms with Crippen LogP contribution in [0.15, 0.2) is 48.7 Å². The molecule has 1 unspecified atom stereocenters. The van der Waals surface area contributed by atoms with E-state index in [1.807, 2.05) is 49.6 Å². The Labute approximate surface area is 108 Å². The zero-order chi connectivity index (χ0) is 12.8. The number of benzene rings is 1. The van der Waals surface area contributed by atoms with Gasteiger partial charge in [0.25, 0.3) is 0 Å². The number of nitrogens with one attached hydrogen (secondary N) is 1. The summed E-state index contributed by atoms with van der Waals surface area (Å²) in [5, 5.41) is 3.32. The van der Waals surface area contributed by atoms with Crippen molar-refractivity contribution in [1.82, 2.24) is 10.3 Å². The maximum absolute atomic E-state index is 5.41. The van der Waals surface area contributed by atoms with Crippen molar-refractivity contribution in [2.24, 2.45) is 0 Å². The van der Waals surface area contributed by atoms with Crippen LogP contribution in [-0.4, -0.2) is 19.1 Å². The van der Waals surface area contributed by atoms with Crippen LogP contribution in [0.4, 0.5) is 0 Å². The zero-order valence-electron chi connectivity index (χ0n) is 10.8. The van der Waals surface area contributed by atoms with E-state index in [0.717, 1.165) is 23.4 Å². The molecule has 0 saturated carbocycles. The summed E-state index contributed by atoms with van der Waals surface area (Å²) in [4.78, 5) is 4.37. The first kappa shape index (κ1) is 12.6. The van der Waals surface area contributed by atoms with Gasteiger partial charge in [-0.25, -0.2) is 0 Å². The summed E-state index contributed by atoms with van der Waals surface area (Å²) >= 11 is 0. The molecule has 1 N–H and O–H groups in total. The predicted molar refractivity (Wildman–Crippen MR) is 72.7 cm³/mol. The SMILES string of the molecule is CNC(Cc1ccccn1)c1ccccc1OC. The first-order valence-electron chi connectivity index (χ1n) is 6.05. The molecule has 1 heterocycles. The van der Waals surface area contributed by atoms with Crippen LogP contribution in [0.3, 0.4) is 0 Å². The fourth-order valence-electron chi connectivity index (χ4n) is 2.05. The number of rotatable bonds is 5. The van der Waals surface area contributed by atoms with E-state index < -0.39 is 0 Å². The van der Waals surface area contributed by atoms with E-state index in [1.165, 1.54) is 0 Å². The molecule has 1 atom stereocenters. The lowest BCUT2D eigenvalue weighted by Gasteiger charge is -2.18. The lowest BCUT2D eigenvalue weighted by molar-refractivity contribution is 0.401. The number of ether oxygens (including phenoxy) is 1. The van der Waals surface area contributed by atoms with Crippen molar-refractivity contribution in [2.75, 3.05) is 14.2 Å². The minimum absolute atomic E-state index is 0.205. The quantitative estimate of drug-likeness (QED) is 0.875. The highest BCUT2D eigenvalue weighted by Gasteiger charge is 2.14. The molecule has 2 rings (SSSR count). The molecule has 0 aliphatic heterocycles. The first-order valence-corrected chi connectivity index (χ1v) is 6.05. The third kappa shape index (κ3) is 2.87. The summed E-state index contributed by atoms with van der Waals surface area (Å²) < 4.78 is 5.41. The molecular formula is C15H18N2O. The van der Waals surface area contributed by atoms with E-state index in [4.69, 9.17) is 4.74 Å². The Kier molecular flexibility index (Phi) is 4.31. The molecule has 18 heavy (non-hydrogen) atoms. The van der Waals surface area contributed by atoms with Gasteiger partial charge in [0.2, 0.25) is 0 Å². The molecule has 0 amide bonds. The molecule has 2 aromatic rings. The van der Waals surface area contributed by atoms with Gasteiger partial charge < -0.3 is 10.1 Å². The van der Waals surface area contributed by atoms with Gasteiger partial charge in [-0.05, 0) is 25.2 Å². The third-order valence-corrected chi connectivity index (χ3v) is 3.00. The van der Waals surface area contributed by atoms with Gasteiger partial charge in [0.15, 0.2) is 0 Å². The Balaban J connectivity index is 2.23. The second-order valence-electron chi connectivity index (χ2n) is 4.11. The van der Waals surface area contributed by atoms with E-state index in [9.17, 15) is 0 Å². The Bertz CT molecular complexity index is 485. The molecule has 0 aliphatic rings. The zero-order valence-corrected chi connectivity index (χ0v) is 10.8. The Morgan fingerprint density at radius 2 is 1.94 bits per heavy atom. The van der Waals surface area contributed by atoms with Crippen LogP contribution in [0.25, 0.3) is 0 Å². The number of likely N-dealkylation sites (N-methyl/N-ethyl adjacent to an activating group) is 1. The molecule has 1 aromatic carbocycles. The summed E-state index contributed by atoms with van der Waals surface area (Å²) in [6.45, 7) is 0. The fourth-order valence-corrected chi connectivity index (χ4v) is 2.05. The second kappa shape index (κ2) is 6.17. The maximum Gasteiger partial charge on any atom is 0.123 e. The van der Waals surface area contributed by atoms with Gasteiger partial charge in [0.05, 0.1) is 7.11 Å². The molecule has 3 heteroatoms. The molecule has 94 valence electrons. The highest BCUT2D eigenvalue weighted by atomic mass is 16.5. The Hall–Kier alpha value is -1.87. The van der Waals surface area contributed by atoms with Crippen LogP contribution >= 0.6 is 0 Å². The van der Waals surface area contributed by atoms with E-state index >= 15 is 0 Å². The van der Waals surface area contributed by atoms with E-state index in [0.29, 0.717) is 0 Å².